The standard InChI is InChI=1S/C31H31ClFN5O5S2/c1-4-5-14-37-28-26(30(40)38(31(37)41)16-20-8-6-7-9-22(20)33)35-24(36-28)15-19-10-12-21(13-11-19)34-29(39)27-25(32)23(17-44-27)45(42,43)18(2)3/h6-13,17-18H,4-5,14-16H2,1-3H3,(H,34,39)(H,35,36). The molecule has 0 spiro atoms. The Labute approximate surface area is 267 Å². The SMILES string of the molecule is CCCCn1c(=O)n(Cc2ccccc2F)c(=O)c2[nH]c(Cc3ccc(NC(=O)c4scc(S(=O)(=O)C(C)C)c4Cl)cc3)nc21. The molecule has 2 aromatic carbocycles. The summed E-state index contributed by atoms with van der Waals surface area (Å²) in [6, 6.07) is 12.9. The molecule has 3 aromatic heterocycles. The van der Waals surface area contributed by atoms with Gasteiger partial charge < -0.3 is 10.3 Å². The van der Waals surface area contributed by atoms with Crippen LogP contribution in [0.1, 0.15) is 60.2 Å². The fourth-order valence-electron chi connectivity index (χ4n) is 4.77. The highest BCUT2D eigenvalue weighted by Crippen LogP contribution is 2.34. The van der Waals surface area contributed by atoms with Crippen LogP contribution >= 0.6 is 22.9 Å². The van der Waals surface area contributed by atoms with Gasteiger partial charge in [0.2, 0.25) is 0 Å². The molecule has 5 rings (SSSR count). The number of sulfone groups is 1. The summed E-state index contributed by atoms with van der Waals surface area (Å²) in [7, 11) is -3.63. The number of benzene rings is 2. The molecule has 0 fully saturated rings. The highest BCUT2D eigenvalue weighted by molar-refractivity contribution is 7.92. The Balaban J connectivity index is 1.39. The van der Waals surface area contributed by atoms with Crippen LogP contribution in [0.2, 0.25) is 5.02 Å². The van der Waals surface area contributed by atoms with E-state index in [9.17, 15) is 27.2 Å². The maximum Gasteiger partial charge on any atom is 0.333 e. The molecule has 0 aliphatic heterocycles. The first-order valence-corrected chi connectivity index (χ1v) is 17.1. The zero-order valence-electron chi connectivity index (χ0n) is 24.8. The van der Waals surface area contributed by atoms with Crippen molar-refractivity contribution in [2.24, 2.45) is 0 Å². The smallest absolute Gasteiger partial charge is 0.333 e. The highest BCUT2D eigenvalue weighted by Gasteiger charge is 2.28. The monoisotopic (exact) mass is 671 g/mol. The lowest BCUT2D eigenvalue weighted by Gasteiger charge is -2.11. The zero-order chi connectivity index (χ0) is 32.5. The second kappa shape index (κ2) is 13.1. The van der Waals surface area contributed by atoms with Crippen LogP contribution in [0.15, 0.2) is 68.4 Å². The van der Waals surface area contributed by atoms with Gasteiger partial charge in [-0.05, 0) is 44.0 Å². The Morgan fingerprint density at radius 1 is 1.11 bits per heavy atom. The second-order valence-electron chi connectivity index (χ2n) is 10.8. The summed E-state index contributed by atoms with van der Waals surface area (Å²) in [5.41, 5.74) is 0.770. The number of nitrogens with one attached hydrogen (secondary N) is 2. The fraction of sp³-hybridized carbons (Fsp3) is 0.290. The summed E-state index contributed by atoms with van der Waals surface area (Å²) in [4.78, 5) is 47.4. The maximum absolute atomic E-state index is 14.4. The van der Waals surface area contributed by atoms with Gasteiger partial charge in [-0.3, -0.25) is 18.7 Å². The Bertz CT molecular complexity index is 2110. The molecule has 1 amide bonds. The Morgan fingerprint density at radius 3 is 2.49 bits per heavy atom. The number of carbonyl (C=O) groups excluding carboxylic acids is 1. The zero-order valence-corrected chi connectivity index (χ0v) is 27.2. The van der Waals surface area contributed by atoms with E-state index in [1.165, 1.54) is 22.1 Å². The van der Waals surface area contributed by atoms with Gasteiger partial charge in [0, 0.05) is 29.6 Å². The molecule has 3 heterocycles. The molecule has 0 aliphatic rings. The van der Waals surface area contributed by atoms with E-state index in [2.05, 4.69) is 15.3 Å². The summed E-state index contributed by atoms with van der Waals surface area (Å²) in [5.74, 6) is -0.579. The summed E-state index contributed by atoms with van der Waals surface area (Å²) in [6.07, 6.45) is 1.80. The van der Waals surface area contributed by atoms with Crippen molar-refractivity contribution < 1.29 is 17.6 Å². The summed E-state index contributed by atoms with van der Waals surface area (Å²) < 4.78 is 41.9. The molecular weight excluding hydrogens is 641 g/mol. The number of aryl methyl sites for hydroxylation is 1. The molecule has 0 radical (unpaired) electrons. The largest absolute Gasteiger partial charge is 0.336 e. The van der Waals surface area contributed by atoms with Gasteiger partial charge in [-0.1, -0.05) is 55.3 Å². The minimum atomic E-state index is -3.63. The first-order valence-electron chi connectivity index (χ1n) is 14.3. The third-order valence-corrected chi connectivity index (χ3v) is 11.3. The van der Waals surface area contributed by atoms with Crippen molar-refractivity contribution in [3.8, 4) is 0 Å². The molecule has 236 valence electrons. The molecule has 45 heavy (non-hydrogen) atoms. The number of thiophene rings is 1. The van der Waals surface area contributed by atoms with Crippen molar-refractivity contribution in [2.75, 3.05) is 5.32 Å². The lowest BCUT2D eigenvalue weighted by Crippen LogP contribution is -2.40. The van der Waals surface area contributed by atoms with Crippen LogP contribution in [-0.2, 0) is 29.3 Å². The number of rotatable bonds is 11. The number of hydrogen-bond acceptors (Lipinski definition) is 7. The number of carbonyl (C=O) groups is 1. The van der Waals surface area contributed by atoms with E-state index < -0.39 is 38.1 Å². The number of aromatic nitrogens is 4. The molecule has 0 aliphatic carbocycles. The number of H-pyrrole nitrogens is 1. The topological polar surface area (TPSA) is 136 Å². The molecular formula is C31H31ClFN5O5S2. The van der Waals surface area contributed by atoms with Crippen LogP contribution in [0.5, 0.6) is 0 Å². The van der Waals surface area contributed by atoms with E-state index in [0.717, 1.165) is 27.9 Å². The minimum absolute atomic E-state index is 0.0606. The van der Waals surface area contributed by atoms with Crippen LogP contribution in [0, 0.1) is 5.82 Å². The van der Waals surface area contributed by atoms with Crippen molar-refractivity contribution in [1.82, 2.24) is 19.1 Å². The average Bonchev–Trinajstić information content (AvgIpc) is 3.61. The lowest BCUT2D eigenvalue weighted by atomic mass is 10.1. The van der Waals surface area contributed by atoms with Crippen LogP contribution < -0.4 is 16.6 Å². The second-order valence-corrected chi connectivity index (χ2v) is 14.5. The molecule has 2 N–H and O–H groups in total. The number of imidazole rings is 1. The molecule has 14 heteroatoms. The molecule has 0 saturated heterocycles. The normalized spacial score (nSPS) is 11.9. The van der Waals surface area contributed by atoms with Crippen molar-refractivity contribution in [3.63, 3.8) is 0 Å². The van der Waals surface area contributed by atoms with Gasteiger partial charge in [0.1, 0.15) is 22.0 Å². The van der Waals surface area contributed by atoms with Crippen LogP contribution in [0.25, 0.3) is 11.2 Å². The van der Waals surface area contributed by atoms with E-state index in [4.69, 9.17) is 11.6 Å². The van der Waals surface area contributed by atoms with Crippen LogP contribution in [0.4, 0.5) is 10.1 Å². The van der Waals surface area contributed by atoms with Gasteiger partial charge in [0.15, 0.2) is 15.5 Å². The van der Waals surface area contributed by atoms with Crippen LogP contribution in [-0.4, -0.2) is 38.7 Å². The van der Waals surface area contributed by atoms with E-state index in [0.29, 0.717) is 30.9 Å². The first-order chi connectivity index (χ1) is 21.4. The Hall–Kier alpha value is -4.07. The molecule has 5 aromatic rings. The van der Waals surface area contributed by atoms with Gasteiger partial charge in [-0.15, -0.1) is 11.3 Å². The van der Waals surface area contributed by atoms with Crippen LogP contribution in [0.3, 0.4) is 0 Å². The molecule has 0 unspecified atom stereocenters. The number of amides is 1. The minimum Gasteiger partial charge on any atom is -0.336 e. The summed E-state index contributed by atoms with van der Waals surface area (Å²) >= 11 is 7.24. The van der Waals surface area contributed by atoms with Crippen molar-refractivity contribution in [1.29, 1.82) is 0 Å². The third kappa shape index (κ3) is 6.51. The molecule has 0 bridgehead atoms. The van der Waals surface area contributed by atoms with Gasteiger partial charge >= 0.3 is 5.69 Å². The predicted molar refractivity (Wildman–Crippen MR) is 174 cm³/mol. The number of aromatic amines is 1. The maximum atomic E-state index is 14.4. The van der Waals surface area contributed by atoms with Gasteiger partial charge in [0.05, 0.1) is 21.7 Å². The molecule has 0 atom stereocenters. The number of nitrogens with zero attached hydrogens (tertiary/aromatic N) is 3. The van der Waals surface area contributed by atoms with E-state index in [-0.39, 0.29) is 38.1 Å². The van der Waals surface area contributed by atoms with Crippen molar-refractivity contribution >= 4 is 55.5 Å². The number of fused-ring (bicyclic) bond motifs is 1. The number of halogens is 2. The highest BCUT2D eigenvalue weighted by atomic mass is 35.5. The Kier molecular flexibility index (Phi) is 9.42. The summed E-state index contributed by atoms with van der Waals surface area (Å²) in [6.45, 7) is 5.22. The van der Waals surface area contributed by atoms with Gasteiger partial charge in [-0.2, -0.15) is 0 Å². The lowest BCUT2D eigenvalue weighted by molar-refractivity contribution is 0.103. The first kappa shape index (κ1) is 32.3. The van der Waals surface area contributed by atoms with E-state index >= 15 is 0 Å². The third-order valence-electron chi connectivity index (χ3n) is 7.35. The van der Waals surface area contributed by atoms with Gasteiger partial charge in [0.25, 0.3) is 11.5 Å². The number of anilines is 1. The van der Waals surface area contributed by atoms with E-state index in [1.54, 1.807) is 50.2 Å². The number of unbranched alkanes of at least 4 members (excludes halogenated alkanes) is 1. The quantitative estimate of drug-likeness (QED) is 0.187. The summed E-state index contributed by atoms with van der Waals surface area (Å²) in [5, 5.41) is 3.33. The Morgan fingerprint density at radius 2 is 1.82 bits per heavy atom. The fourth-order valence-corrected chi connectivity index (χ4v) is 7.75. The number of hydrogen-bond donors (Lipinski definition) is 2. The average molecular weight is 672 g/mol. The van der Waals surface area contributed by atoms with Gasteiger partial charge in [-0.25, -0.2) is 22.6 Å². The predicted octanol–water partition coefficient (Wildman–Crippen LogP) is 5.61. The van der Waals surface area contributed by atoms with E-state index in [1.807, 2.05) is 6.92 Å². The van der Waals surface area contributed by atoms with Crippen molar-refractivity contribution in [3.05, 3.63) is 107 Å². The molecule has 0 saturated carbocycles. The van der Waals surface area contributed by atoms with Crippen molar-refractivity contribution in [2.45, 2.75) is 63.3 Å². The molecule has 10 nitrogen and oxygen atoms in total.